The van der Waals surface area contributed by atoms with Crippen LogP contribution in [0.2, 0.25) is 0 Å². The summed E-state index contributed by atoms with van der Waals surface area (Å²) in [5, 5.41) is 3.31. The number of nitrogens with one attached hydrogen (secondary N) is 1. The lowest BCUT2D eigenvalue weighted by Gasteiger charge is -2.18. The van der Waals surface area contributed by atoms with Crippen LogP contribution in [0.3, 0.4) is 0 Å². The zero-order valence-corrected chi connectivity index (χ0v) is 11.2. The van der Waals surface area contributed by atoms with E-state index in [9.17, 15) is 0 Å². The first kappa shape index (κ1) is 12.8. The number of hydrogen-bond donors (Lipinski definition) is 1. The van der Waals surface area contributed by atoms with E-state index in [1.807, 2.05) is 31.7 Å². The molecule has 0 fully saturated rings. The zero-order valence-electron chi connectivity index (χ0n) is 11.2. The fraction of sp³-hybridized carbons (Fsp3) is 0.429. The van der Waals surface area contributed by atoms with Crippen LogP contribution >= 0.6 is 0 Å². The van der Waals surface area contributed by atoms with Gasteiger partial charge in [0.1, 0.15) is 11.9 Å². The van der Waals surface area contributed by atoms with Crippen LogP contribution in [0.4, 0.5) is 0 Å². The van der Waals surface area contributed by atoms with E-state index in [-0.39, 0.29) is 6.04 Å². The van der Waals surface area contributed by atoms with Gasteiger partial charge in [-0.15, -0.1) is 0 Å². The highest BCUT2D eigenvalue weighted by molar-refractivity contribution is 5.26. The maximum Gasteiger partial charge on any atom is 0.132 e. The molecule has 1 unspecified atom stereocenters. The lowest BCUT2D eigenvalue weighted by molar-refractivity contribution is 0.557. The van der Waals surface area contributed by atoms with Crippen molar-refractivity contribution in [2.24, 2.45) is 0 Å². The predicted octanol–water partition coefficient (Wildman–Crippen LogP) is 2.31. The Morgan fingerprint density at radius 3 is 2.83 bits per heavy atom. The molecule has 2 aromatic heterocycles. The Balaban J connectivity index is 2.39. The van der Waals surface area contributed by atoms with Crippen molar-refractivity contribution >= 4 is 0 Å². The van der Waals surface area contributed by atoms with Crippen molar-refractivity contribution in [2.45, 2.75) is 32.9 Å². The average molecular weight is 244 g/mol. The third-order valence-corrected chi connectivity index (χ3v) is 3.08. The first-order valence-electron chi connectivity index (χ1n) is 6.37. The molecule has 0 aliphatic rings. The van der Waals surface area contributed by atoms with Crippen molar-refractivity contribution in [3.8, 4) is 0 Å². The minimum atomic E-state index is 0.0488. The molecule has 0 aromatic carbocycles. The summed E-state index contributed by atoms with van der Waals surface area (Å²) in [5.41, 5.74) is 2.23. The van der Waals surface area contributed by atoms with Gasteiger partial charge >= 0.3 is 0 Å². The molecule has 1 N–H and O–H groups in total. The molecule has 0 amide bonds. The number of aromatic nitrogens is 3. The molecule has 2 rings (SSSR count). The van der Waals surface area contributed by atoms with E-state index in [1.165, 1.54) is 5.56 Å². The number of hydrogen-bond acceptors (Lipinski definition) is 3. The fourth-order valence-electron chi connectivity index (χ4n) is 2.20. The molecular weight excluding hydrogens is 224 g/mol. The maximum absolute atomic E-state index is 4.49. The molecule has 0 saturated heterocycles. The van der Waals surface area contributed by atoms with Gasteiger partial charge in [-0.3, -0.25) is 4.98 Å². The number of pyridine rings is 1. The Bertz CT molecular complexity index is 504. The van der Waals surface area contributed by atoms with Crippen LogP contribution in [0.25, 0.3) is 0 Å². The van der Waals surface area contributed by atoms with E-state index in [0.717, 1.165) is 24.5 Å². The molecule has 4 nitrogen and oxygen atoms in total. The summed E-state index contributed by atoms with van der Waals surface area (Å²) in [7, 11) is 1.95. The standard InChI is InChI=1S/C14H20N4/c1-4-9-18-10-8-17-14(18)13(15-3)12-11(2)6-5-7-16-12/h5-8,10,13,15H,4,9H2,1-3H3. The van der Waals surface area contributed by atoms with Crippen LogP contribution in [0.15, 0.2) is 30.7 Å². The third-order valence-electron chi connectivity index (χ3n) is 3.08. The molecule has 0 radical (unpaired) electrons. The molecule has 96 valence electrons. The van der Waals surface area contributed by atoms with Crippen LogP contribution in [0.5, 0.6) is 0 Å². The number of imidazole rings is 1. The smallest absolute Gasteiger partial charge is 0.132 e. The highest BCUT2D eigenvalue weighted by atomic mass is 15.1. The van der Waals surface area contributed by atoms with Gasteiger partial charge in [-0.1, -0.05) is 13.0 Å². The Kier molecular flexibility index (Phi) is 4.10. The molecule has 4 heteroatoms. The number of nitrogens with zero attached hydrogens (tertiary/aromatic N) is 3. The molecule has 0 aliphatic heterocycles. The monoisotopic (exact) mass is 244 g/mol. The normalized spacial score (nSPS) is 12.6. The second-order valence-corrected chi connectivity index (χ2v) is 4.41. The van der Waals surface area contributed by atoms with Gasteiger partial charge in [0.2, 0.25) is 0 Å². The minimum absolute atomic E-state index is 0.0488. The molecule has 18 heavy (non-hydrogen) atoms. The lowest BCUT2D eigenvalue weighted by Crippen LogP contribution is -2.23. The molecule has 0 aliphatic carbocycles. The summed E-state index contributed by atoms with van der Waals surface area (Å²) in [6.07, 6.45) is 6.82. The Labute approximate surface area is 108 Å². The van der Waals surface area contributed by atoms with Crippen LogP contribution in [-0.2, 0) is 6.54 Å². The Morgan fingerprint density at radius 2 is 2.17 bits per heavy atom. The summed E-state index contributed by atoms with van der Waals surface area (Å²) in [5.74, 6) is 1.03. The molecule has 0 saturated carbocycles. The molecule has 1 atom stereocenters. The van der Waals surface area contributed by atoms with Gasteiger partial charge in [0.25, 0.3) is 0 Å². The van der Waals surface area contributed by atoms with Crippen LogP contribution in [0.1, 0.15) is 36.5 Å². The maximum atomic E-state index is 4.49. The summed E-state index contributed by atoms with van der Waals surface area (Å²) in [6, 6.07) is 4.09. The number of aryl methyl sites for hydroxylation is 2. The van der Waals surface area contributed by atoms with Gasteiger partial charge in [0.15, 0.2) is 0 Å². The van der Waals surface area contributed by atoms with Gasteiger partial charge < -0.3 is 9.88 Å². The summed E-state index contributed by atoms with van der Waals surface area (Å²) in [4.78, 5) is 8.97. The van der Waals surface area contributed by atoms with Crippen molar-refractivity contribution < 1.29 is 0 Å². The van der Waals surface area contributed by atoms with Crippen molar-refractivity contribution in [3.63, 3.8) is 0 Å². The van der Waals surface area contributed by atoms with E-state index in [0.29, 0.717) is 0 Å². The highest BCUT2D eigenvalue weighted by Crippen LogP contribution is 2.21. The van der Waals surface area contributed by atoms with Crippen LogP contribution < -0.4 is 5.32 Å². The van der Waals surface area contributed by atoms with Gasteiger partial charge in [-0.2, -0.15) is 0 Å². The second-order valence-electron chi connectivity index (χ2n) is 4.41. The van der Waals surface area contributed by atoms with Crippen molar-refractivity contribution in [1.29, 1.82) is 0 Å². The third kappa shape index (κ3) is 2.43. The SMILES string of the molecule is CCCn1ccnc1C(NC)c1ncccc1C. The highest BCUT2D eigenvalue weighted by Gasteiger charge is 2.19. The van der Waals surface area contributed by atoms with Gasteiger partial charge in [0, 0.05) is 25.1 Å². The fourth-order valence-corrected chi connectivity index (χ4v) is 2.20. The number of rotatable bonds is 5. The van der Waals surface area contributed by atoms with E-state index in [1.54, 1.807) is 0 Å². The molecule has 0 bridgehead atoms. The largest absolute Gasteiger partial charge is 0.333 e. The van der Waals surface area contributed by atoms with E-state index < -0.39 is 0 Å². The van der Waals surface area contributed by atoms with Crippen molar-refractivity contribution in [1.82, 2.24) is 19.9 Å². The van der Waals surface area contributed by atoms with Gasteiger partial charge in [0.05, 0.1) is 5.69 Å². The average Bonchev–Trinajstić information content (AvgIpc) is 2.82. The minimum Gasteiger partial charge on any atom is -0.333 e. The van der Waals surface area contributed by atoms with Crippen LogP contribution in [-0.4, -0.2) is 21.6 Å². The van der Waals surface area contributed by atoms with Crippen LogP contribution in [0, 0.1) is 6.92 Å². The second kappa shape index (κ2) is 5.78. The molecule has 0 spiro atoms. The lowest BCUT2D eigenvalue weighted by atomic mass is 10.1. The van der Waals surface area contributed by atoms with Crippen molar-refractivity contribution in [2.75, 3.05) is 7.05 Å². The summed E-state index contributed by atoms with van der Waals surface area (Å²) in [6.45, 7) is 5.24. The summed E-state index contributed by atoms with van der Waals surface area (Å²) >= 11 is 0. The Hall–Kier alpha value is -1.68. The van der Waals surface area contributed by atoms with Crippen molar-refractivity contribution in [3.05, 3.63) is 47.8 Å². The first-order valence-corrected chi connectivity index (χ1v) is 6.37. The zero-order chi connectivity index (χ0) is 13.0. The molecular formula is C14H20N4. The topological polar surface area (TPSA) is 42.7 Å². The quantitative estimate of drug-likeness (QED) is 0.877. The van der Waals surface area contributed by atoms with Gasteiger partial charge in [-0.05, 0) is 32.0 Å². The summed E-state index contributed by atoms with van der Waals surface area (Å²) < 4.78 is 2.19. The Morgan fingerprint density at radius 1 is 1.33 bits per heavy atom. The first-order chi connectivity index (χ1) is 8.77. The van der Waals surface area contributed by atoms with E-state index in [2.05, 4.69) is 39.8 Å². The predicted molar refractivity (Wildman–Crippen MR) is 72.4 cm³/mol. The molecule has 2 heterocycles. The van der Waals surface area contributed by atoms with Gasteiger partial charge in [-0.25, -0.2) is 4.98 Å². The van der Waals surface area contributed by atoms with E-state index >= 15 is 0 Å². The molecule has 2 aromatic rings. The van der Waals surface area contributed by atoms with E-state index in [4.69, 9.17) is 0 Å².